The van der Waals surface area contributed by atoms with Crippen LogP contribution in [0.25, 0.3) is 11.1 Å². The van der Waals surface area contributed by atoms with Crippen LogP contribution in [0.3, 0.4) is 0 Å². The van der Waals surface area contributed by atoms with Crippen LogP contribution in [0.15, 0.2) is 39.7 Å². The van der Waals surface area contributed by atoms with Crippen molar-refractivity contribution < 1.29 is 8.81 Å². The van der Waals surface area contributed by atoms with Gasteiger partial charge in [0, 0.05) is 12.3 Å². The summed E-state index contributed by atoms with van der Waals surface area (Å²) in [6.45, 7) is 0.227. The maximum absolute atomic E-state index is 13.4. The zero-order chi connectivity index (χ0) is 13.2. The fraction of sp³-hybridized carbons (Fsp3) is 0.0833. The van der Waals surface area contributed by atoms with Crippen molar-refractivity contribution in [2.24, 2.45) is 0 Å². The van der Waals surface area contributed by atoms with Crippen molar-refractivity contribution in [3.8, 4) is 0 Å². The molecule has 0 atom stereocenters. The quantitative estimate of drug-likeness (QED) is 0.748. The molecule has 7 heteroatoms. The van der Waals surface area contributed by atoms with Crippen LogP contribution in [-0.2, 0) is 6.54 Å². The predicted molar refractivity (Wildman–Crippen MR) is 66.2 cm³/mol. The number of para-hydroxylation sites is 1. The Kier molecular flexibility index (Phi) is 2.71. The molecular formula is C12H9FN4O2. The molecule has 6 nitrogen and oxygen atoms in total. The molecule has 0 aliphatic carbocycles. The highest BCUT2D eigenvalue weighted by molar-refractivity contribution is 5.74. The van der Waals surface area contributed by atoms with Crippen molar-refractivity contribution in [2.75, 3.05) is 5.32 Å². The van der Waals surface area contributed by atoms with E-state index in [1.54, 1.807) is 12.1 Å². The van der Waals surface area contributed by atoms with Gasteiger partial charge in [-0.25, -0.2) is 9.37 Å². The minimum atomic E-state index is -0.444. The first-order valence-electron chi connectivity index (χ1n) is 5.55. The van der Waals surface area contributed by atoms with Gasteiger partial charge in [0.25, 0.3) is 11.6 Å². The zero-order valence-corrected chi connectivity index (χ0v) is 9.68. The molecular weight excluding hydrogens is 251 g/mol. The number of halogens is 1. The van der Waals surface area contributed by atoms with E-state index < -0.39 is 5.82 Å². The summed E-state index contributed by atoms with van der Waals surface area (Å²) in [6, 6.07) is 5.97. The molecule has 96 valence electrons. The Hall–Kier alpha value is -2.70. The van der Waals surface area contributed by atoms with Gasteiger partial charge >= 0.3 is 0 Å². The third-order valence-electron chi connectivity index (χ3n) is 2.50. The molecule has 0 aliphatic heterocycles. The Morgan fingerprint density at radius 2 is 2.26 bits per heavy atom. The Morgan fingerprint density at radius 3 is 3.05 bits per heavy atom. The second-order valence-electron chi connectivity index (χ2n) is 3.84. The summed E-state index contributed by atoms with van der Waals surface area (Å²) in [5.74, 6) is -0.00392. The molecule has 19 heavy (non-hydrogen) atoms. The smallest absolute Gasteiger partial charge is 0.296 e. The molecule has 0 radical (unpaired) electrons. The monoisotopic (exact) mass is 260 g/mol. The first-order valence-corrected chi connectivity index (χ1v) is 5.55. The highest BCUT2D eigenvalue weighted by Crippen LogP contribution is 2.21. The number of rotatable bonds is 3. The van der Waals surface area contributed by atoms with Gasteiger partial charge in [0.05, 0.1) is 6.54 Å². The fourth-order valence-electron chi connectivity index (χ4n) is 1.65. The second kappa shape index (κ2) is 4.52. The van der Waals surface area contributed by atoms with Crippen LogP contribution in [0, 0.1) is 5.82 Å². The summed E-state index contributed by atoms with van der Waals surface area (Å²) in [5, 5.41) is 2.83. The molecule has 2 N–H and O–H groups in total. The molecule has 0 spiro atoms. The van der Waals surface area contributed by atoms with E-state index in [4.69, 9.17) is 4.42 Å². The molecule has 1 aromatic carbocycles. The van der Waals surface area contributed by atoms with Crippen LogP contribution in [-0.4, -0.2) is 15.0 Å². The predicted octanol–water partition coefficient (Wildman–Crippen LogP) is 1.66. The number of benzene rings is 1. The largest absolute Gasteiger partial charge is 0.423 e. The standard InChI is InChI=1S/C12H9FN4O2/c13-7-2-1-3-8-11(7)17-12(19-8)15-6-9-14-5-4-10(18)16-9/h1-5H,6H2,(H,15,17)(H,14,16,18). The van der Waals surface area contributed by atoms with Crippen molar-refractivity contribution >= 4 is 17.1 Å². The van der Waals surface area contributed by atoms with E-state index in [-0.39, 0.29) is 23.6 Å². The highest BCUT2D eigenvalue weighted by Gasteiger charge is 2.09. The number of hydrogen-bond acceptors (Lipinski definition) is 5. The zero-order valence-electron chi connectivity index (χ0n) is 9.68. The van der Waals surface area contributed by atoms with E-state index in [2.05, 4.69) is 20.3 Å². The first kappa shape index (κ1) is 11.4. The number of fused-ring (bicyclic) bond motifs is 1. The third kappa shape index (κ3) is 2.30. The number of aromatic nitrogens is 3. The maximum atomic E-state index is 13.4. The number of anilines is 1. The molecule has 3 aromatic rings. The van der Waals surface area contributed by atoms with Gasteiger partial charge in [-0.2, -0.15) is 4.98 Å². The Labute approximate surface area is 106 Å². The molecule has 3 rings (SSSR count). The average molecular weight is 260 g/mol. The number of H-pyrrole nitrogens is 1. The lowest BCUT2D eigenvalue weighted by molar-refractivity contribution is 0.611. The summed E-state index contributed by atoms with van der Waals surface area (Å²) in [6.07, 6.45) is 1.40. The van der Waals surface area contributed by atoms with Gasteiger partial charge in [-0.1, -0.05) is 6.07 Å². The molecule has 0 unspecified atom stereocenters. The van der Waals surface area contributed by atoms with Crippen molar-refractivity contribution in [2.45, 2.75) is 6.54 Å². The first-order chi connectivity index (χ1) is 9.22. The van der Waals surface area contributed by atoms with Crippen LogP contribution in [0.4, 0.5) is 10.4 Å². The van der Waals surface area contributed by atoms with Gasteiger partial charge in [0.1, 0.15) is 11.3 Å². The summed E-state index contributed by atoms with van der Waals surface area (Å²) >= 11 is 0. The topological polar surface area (TPSA) is 83.8 Å². The molecule has 0 fully saturated rings. The maximum Gasteiger partial charge on any atom is 0.296 e. The van der Waals surface area contributed by atoms with Crippen LogP contribution in [0.5, 0.6) is 0 Å². The van der Waals surface area contributed by atoms with Gasteiger partial charge in [0.15, 0.2) is 11.4 Å². The molecule has 0 bridgehead atoms. The van der Waals surface area contributed by atoms with Gasteiger partial charge in [-0.3, -0.25) is 4.79 Å². The van der Waals surface area contributed by atoms with Crippen molar-refractivity contribution in [3.05, 3.63) is 52.5 Å². The van der Waals surface area contributed by atoms with Crippen LogP contribution >= 0.6 is 0 Å². The van der Waals surface area contributed by atoms with Gasteiger partial charge in [-0.05, 0) is 12.1 Å². The van der Waals surface area contributed by atoms with E-state index >= 15 is 0 Å². The molecule has 0 amide bonds. The molecule has 0 saturated carbocycles. The van der Waals surface area contributed by atoms with Gasteiger partial charge in [0.2, 0.25) is 0 Å². The average Bonchev–Trinajstić information content (AvgIpc) is 2.81. The number of aromatic amines is 1. The van der Waals surface area contributed by atoms with E-state index in [1.807, 2.05) is 0 Å². The Bertz CT molecular complexity index is 780. The lowest BCUT2D eigenvalue weighted by Crippen LogP contribution is -2.12. The third-order valence-corrected chi connectivity index (χ3v) is 2.50. The van der Waals surface area contributed by atoms with Crippen LogP contribution < -0.4 is 10.9 Å². The van der Waals surface area contributed by atoms with E-state index in [0.29, 0.717) is 11.4 Å². The molecule has 2 heterocycles. The molecule has 0 saturated heterocycles. The van der Waals surface area contributed by atoms with Crippen molar-refractivity contribution in [3.63, 3.8) is 0 Å². The van der Waals surface area contributed by atoms with E-state index in [9.17, 15) is 9.18 Å². The second-order valence-corrected chi connectivity index (χ2v) is 3.84. The number of nitrogens with zero attached hydrogens (tertiary/aromatic N) is 2. The number of nitrogens with one attached hydrogen (secondary N) is 2. The summed E-state index contributed by atoms with van der Waals surface area (Å²) in [4.78, 5) is 21.6. The Balaban J connectivity index is 1.82. The van der Waals surface area contributed by atoms with Gasteiger partial charge in [-0.15, -0.1) is 0 Å². The van der Waals surface area contributed by atoms with E-state index in [0.717, 1.165) is 0 Å². The summed E-state index contributed by atoms with van der Waals surface area (Å²) < 4.78 is 18.7. The molecule has 0 aliphatic rings. The Morgan fingerprint density at radius 1 is 1.37 bits per heavy atom. The fourth-order valence-corrected chi connectivity index (χ4v) is 1.65. The number of oxazole rings is 1. The SMILES string of the molecule is O=c1ccnc(CNc2nc3c(F)cccc3o2)[nH]1. The lowest BCUT2D eigenvalue weighted by Gasteiger charge is -1.99. The van der Waals surface area contributed by atoms with Crippen molar-refractivity contribution in [1.29, 1.82) is 0 Å². The minimum Gasteiger partial charge on any atom is -0.423 e. The van der Waals surface area contributed by atoms with E-state index in [1.165, 1.54) is 18.3 Å². The van der Waals surface area contributed by atoms with Crippen LogP contribution in [0.1, 0.15) is 5.82 Å². The molecule has 2 aromatic heterocycles. The van der Waals surface area contributed by atoms with Crippen molar-refractivity contribution in [1.82, 2.24) is 15.0 Å². The summed E-state index contributed by atoms with van der Waals surface area (Å²) in [7, 11) is 0. The van der Waals surface area contributed by atoms with Crippen LogP contribution in [0.2, 0.25) is 0 Å². The number of hydrogen-bond donors (Lipinski definition) is 2. The summed E-state index contributed by atoms with van der Waals surface area (Å²) in [5.41, 5.74) is 0.284. The lowest BCUT2D eigenvalue weighted by atomic mass is 10.3. The normalized spacial score (nSPS) is 10.8. The minimum absolute atomic E-state index is 0.166. The van der Waals surface area contributed by atoms with Gasteiger partial charge < -0.3 is 14.7 Å². The highest BCUT2D eigenvalue weighted by atomic mass is 19.1.